The topological polar surface area (TPSA) is 37.3 Å². The van der Waals surface area contributed by atoms with Gasteiger partial charge < -0.3 is 5.11 Å². The summed E-state index contributed by atoms with van der Waals surface area (Å²) in [7, 11) is 0. The number of carbonyl (C=O) groups is 1. The molecule has 1 atom stereocenters. The summed E-state index contributed by atoms with van der Waals surface area (Å²) in [5.41, 5.74) is -0.472. The van der Waals surface area contributed by atoms with Gasteiger partial charge in [-0.2, -0.15) is 0 Å². The maximum atomic E-state index is 13.0. The molecule has 0 aliphatic rings. The second kappa shape index (κ2) is 55.1. The van der Waals surface area contributed by atoms with Crippen molar-refractivity contribution in [3.63, 3.8) is 0 Å². The first-order valence-electron chi connectivity index (χ1n) is 30.9. The lowest BCUT2D eigenvalue weighted by Gasteiger charge is -2.30. The normalized spacial score (nSPS) is 12.7. The van der Waals surface area contributed by atoms with Gasteiger partial charge in [0.1, 0.15) is 0 Å². The van der Waals surface area contributed by atoms with E-state index in [9.17, 15) is 9.90 Å². The molecule has 0 saturated carbocycles. The highest BCUT2D eigenvalue weighted by atomic mass is 16.4. The monoisotopic (exact) mass is 901 g/mol. The maximum Gasteiger partial charge on any atom is 0.309 e. The van der Waals surface area contributed by atoms with Gasteiger partial charge in [-0.15, -0.1) is 0 Å². The van der Waals surface area contributed by atoms with Crippen molar-refractivity contribution in [1.29, 1.82) is 0 Å². The minimum Gasteiger partial charge on any atom is -0.481 e. The summed E-state index contributed by atoms with van der Waals surface area (Å²) >= 11 is 0. The van der Waals surface area contributed by atoms with Crippen LogP contribution in [0.3, 0.4) is 0 Å². The fourth-order valence-corrected chi connectivity index (χ4v) is 10.8. The molecule has 384 valence electrons. The second-order valence-electron chi connectivity index (χ2n) is 21.9. The summed E-state index contributed by atoms with van der Waals surface area (Å²) in [6.07, 6.45) is 77.7. The Morgan fingerprint density at radius 2 is 0.328 bits per heavy atom. The minimum absolute atomic E-state index is 0.472. The lowest BCUT2D eigenvalue weighted by atomic mass is 9.74. The van der Waals surface area contributed by atoms with Gasteiger partial charge in [0, 0.05) is 0 Å². The summed E-state index contributed by atoms with van der Waals surface area (Å²) in [6, 6.07) is 0. The van der Waals surface area contributed by atoms with Crippen LogP contribution in [-0.4, -0.2) is 11.1 Å². The van der Waals surface area contributed by atoms with Crippen molar-refractivity contribution in [2.75, 3.05) is 0 Å². The molecule has 0 aromatic heterocycles. The third-order valence-electron chi connectivity index (χ3n) is 15.5. The smallest absolute Gasteiger partial charge is 0.309 e. The average Bonchev–Trinajstić information content (AvgIpc) is 3.30. The van der Waals surface area contributed by atoms with Crippen LogP contribution in [0, 0.1) is 5.41 Å². The molecule has 0 rings (SSSR count). The standard InChI is InChI=1S/C62H124O2/c1-4-7-10-13-16-19-22-25-28-30-32-33-34-35-37-39-42-45-48-51-54-57-60-62(61(63)64,58-55-52-49-46-43-40-27-24-21-18-15-12-9-6-3)59-56-53-50-47-44-41-38-36-31-29-26-23-20-17-14-11-8-5-2/h4-60H2,1-3H3,(H,63,64). The number of rotatable bonds is 58. The van der Waals surface area contributed by atoms with E-state index < -0.39 is 11.4 Å². The van der Waals surface area contributed by atoms with Crippen LogP contribution in [0.25, 0.3) is 0 Å². The number of carboxylic acids is 1. The SMILES string of the molecule is CCCCCCCCCCCCCCCCCCCCCCCCC(CCCCCCCCCCCCCCCC)(CCCCCCCCCCCCCCCCCCCC)C(=O)O. The molecule has 2 nitrogen and oxygen atoms in total. The summed E-state index contributed by atoms with van der Waals surface area (Å²) in [6.45, 7) is 6.91. The Morgan fingerprint density at radius 3 is 0.438 bits per heavy atom. The van der Waals surface area contributed by atoms with Gasteiger partial charge in [-0.25, -0.2) is 0 Å². The van der Waals surface area contributed by atoms with E-state index in [2.05, 4.69) is 20.8 Å². The van der Waals surface area contributed by atoms with Crippen molar-refractivity contribution >= 4 is 5.97 Å². The highest BCUT2D eigenvalue weighted by Gasteiger charge is 2.36. The molecule has 0 fully saturated rings. The zero-order valence-electron chi connectivity index (χ0n) is 45.2. The van der Waals surface area contributed by atoms with E-state index in [1.165, 1.54) is 327 Å². The lowest BCUT2D eigenvalue weighted by molar-refractivity contribution is -0.150. The van der Waals surface area contributed by atoms with Gasteiger partial charge in [-0.05, 0) is 19.3 Å². The third kappa shape index (κ3) is 47.9. The van der Waals surface area contributed by atoms with Crippen molar-refractivity contribution in [3.05, 3.63) is 0 Å². The molecule has 64 heavy (non-hydrogen) atoms. The Labute approximate surface area is 406 Å². The summed E-state index contributed by atoms with van der Waals surface area (Å²) in [5.74, 6) is -0.474. The average molecular weight is 902 g/mol. The van der Waals surface area contributed by atoms with Crippen LogP contribution in [0.2, 0.25) is 0 Å². The van der Waals surface area contributed by atoms with Gasteiger partial charge in [-0.1, -0.05) is 367 Å². The molecule has 0 amide bonds. The Morgan fingerprint density at radius 1 is 0.219 bits per heavy atom. The van der Waals surface area contributed by atoms with Gasteiger partial charge in [-0.3, -0.25) is 4.79 Å². The van der Waals surface area contributed by atoms with Crippen molar-refractivity contribution in [1.82, 2.24) is 0 Å². The molecular weight excluding hydrogens is 777 g/mol. The summed E-state index contributed by atoms with van der Waals surface area (Å²) in [5, 5.41) is 10.7. The number of hydrogen-bond acceptors (Lipinski definition) is 1. The zero-order chi connectivity index (χ0) is 46.4. The molecule has 0 aliphatic heterocycles. The van der Waals surface area contributed by atoms with Gasteiger partial charge in [0.15, 0.2) is 0 Å². The molecule has 0 aromatic carbocycles. The van der Waals surface area contributed by atoms with Crippen LogP contribution < -0.4 is 0 Å². The van der Waals surface area contributed by atoms with Crippen LogP contribution in [0.4, 0.5) is 0 Å². The molecule has 0 spiro atoms. The van der Waals surface area contributed by atoms with Gasteiger partial charge in [0.2, 0.25) is 0 Å². The lowest BCUT2D eigenvalue weighted by Crippen LogP contribution is -2.31. The molecule has 0 heterocycles. The quantitative estimate of drug-likeness (QED) is 0.0618. The predicted octanol–water partition coefficient (Wildman–Crippen LogP) is 23.4. The molecule has 1 unspecified atom stereocenters. The Bertz CT molecular complexity index is 852. The Hall–Kier alpha value is -0.530. The van der Waals surface area contributed by atoms with E-state index in [0.29, 0.717) is 0 Å². The van der Waals surface area contributed by atoms with E-state index in [0.717, 1.165) is 38.5 Å². The van der Waals surface area contributed by atoms with E-state index in [1.807, 2.05) is 0 Å². The van der Waals surface area contributed by atoms with E-state index in [4.69, 9.17) is 0 Å². The molecule has 0 aliphatic carbocycles. The predicted molar refractivity (Wildman–Crippen MR) is 290 cm³/mol. The minimum atomic E-state index is -0.474. The molecule has 0 bridgehead atoms. The molecule has 0 aromatic rings. The van der Waals surface area contributed by atoms with Crippen LogP contribution in [-0.2, 0) is 4.79 Å². The van der Waals surface area contributed by atoms with Crippen LogP contribution in [0.1, 0.15) is 387 Å². The number of hydrogen-bond donors (Lipinski definition) is 1. The number of aliphatic carboxylic acids is 1. The summed E-state index contributed by atoms with van der Waals surface area (Å²) in [4.78, 5) is 13.0. The highest BCUT2D eigenvalue weighted by molar-refractivity contribution is 5.74. The fourth-order valence-electron chi connectivity index (χ4n) is 10.8. The highest BCUT2D eigenvalue weighted by Crippen LogP contribution is 2.38. The summed E-state index contributed by atoms with van der Waals surface area (Å²) < 4.78 is 0. The first-order chi connectivity index (χ1) is 31.6. The first-order valence-corrected chi connectivity index (χ1v) is 30.9. The number of carboxylic acid groups (broad SMARTS) is 1. The van der Waals surface area contributed by atoms with Crippen LogP contribution >= 0.6 is 0 Å². The molecule has 0 saturated heterocycles. The van der Waals surface area contributed by atoms with Crippen molar-refractivity contribution < 1.29 is 9.90 Å². The third-order valence-corrected chi connectivity index (χ3v) is 15.5. The van der Waals surface area contributed by atoms with Gasteiger partial charge >= 0.3 is 5.97 Å². The van der Waals surface area contributed by atoms with E-state index in [-0.39, 0.29) is 0 Å². The van der Waals surface area contributed by atoms with E-state index >= 15 is 0 Å². The van der Waals surface area contributed by atoms with Crippen molar-refractivity contribution in [3.8, 4) is 0 Å². The largest absolute Gasteiger partial charge is 0.481 e. The molecular formula is C62H124O2. The fraction of sp³-hybridized carbons (Fsp3) is 0.984. The first kappa shape index (κ1) is 63.5. The zero-order valence-corrected chi connectivity index (χ0v) is 45.2. The van der Waals surface area contributed by atoms with Gasteiger partial charge in [0.05, 0.1) is 5.41 Å². The van der Waals surface area contributed by atoms with Crippen molar-refractivity contribution in [2.45, 2.75) is 387 Å². The Balaban J connectivity index is 4.25. The van der Waals surface area contributed by atoms with E-state index in [1.54, 1.807) is 0 Å². The maximum absolute atomic E-state index is 13.0. The van der Waals surface area contributed by atoms with Gasteiger partial charge in [0.25, 0.3) is 0 Å². The number of unbranched alkanes of at least 4 members (excludes halogenated alkanes) is 51. The van der Waals surface area contributed by atoms with Crippen molar-refractivity contribution in [2.24, 2.45) is 5.41 Å². The van der Waals surface area contributed by atoms with Crippen LogP contribution in [0.5, 0.6) is 0 Å². The van der Waals surface area contributed by atoms with Crippen LogP contribution in [0.15, 0.2) is 0 Å². The molecule has 0 radical (unpaired) electrons. The molecule has 1 N–H and O–H groups in total. The molecule has 2 heteroatoms. The Kier molecular flexibility index (Phi) is 54.6. The second-order valence-corrected chi connectivity index (χ2v) is 21.9.